The third-order valence-corrected chi connectivity index (χ3v) is 5.75. The summed E-state index contributed by atoms with van der Waals surface area (Å²) in [7, 11) is -3.25. The molecule has 0 bridgehead atoms. The summed E-state index contributed by atoms with van der Waals surface area (Å²) in [4.78, 5) is 11.3. The second-order valence-corrected chi connectivity index (χ2v) is 8.72. The fourth-order valence-corrected chi connectivity index (χ4v) is 3.91. The third-order valence-electron chi connectivity index (χ3n) is 4.62. The number of hydrogen-bond donors (Lipinski definition) is 1. The monoisotopic (exact) mass is 386 g/mol. The Kier molecular flexibility index (Phi) is 5.02. The van der Waals surface area contributed by atoms with E-state index in [1.54, 1.807) is 24.3 Å². The van der Waals surface area contributed by atoms with E-state index in [4.69, 9.17) is 5.11 Å². The van der Waals surface area contributed by atoms with E-state index >= 15 is 0 Å². The van der Waals surface area contributed by atoms with Gasteiger partial charge in [-0.15, -0.1) is 0 Å². The zero-order valence-corrected chi connectivity index (χ0v) is 15.8. The van der Waals surface area contributed by atoms with Gasteiger partial charge in [-0.3, -0.25) is 4.79 Å². The van der Waals surface area contributed by atoms with Gasteiger partial charge in [0.05, 0.1) is 11.3 Å². The summed E-state index contributed by atoms with van der Waals surface area (Å²) in [5.41, 5.74) is 4.65. The van der Waals surface area contributed by atoms with Crippen molar-refractivity contribution in [1.82, 2.24) is 0 Å². The second kappa shape index (κ2) is 7.12. The number of benzene rings is 2. The summed E-state index contributed by atoms with van der Waals surface area (Å²) in [6, 6.07) is 9.25. The molecule has 1 aliphatic rings. The lowest BCUT2D eigenvalue weighted by atomic mass is 9.97. The van der Waals surface area contributed by atoms with Crippen LogP contribution in [0.1, 0.15) is 35.6 Å². The Morgan fingerprint density at radius 1 is 1.19 bits per heavy atom. The highest BCUT2D eigenvalue weighted by atomic mass is 32.2. The molecule has 0 radical (unpaired) electrons. The first-order valence-corrected chi connectivity index (χ1v) is 10.3. The van der Waals surface area contributed by atoms with E-state index in [-0.39, 0.29) is 11.3 Å². The zero-order valence-electron chi connectivity index (χ0n) is 15.0. The molecule has 2 aromatic carbocycles. The molecule has 0 spiro atoms. The van der Waals surface area contributed by atoms with Gasteiger partial charge in [-0.25, -0.2) is 12.8 Å². The van der Waals surface area contributed by atoms with Crippen LogP contribution in [0.3, 0.4) is 0 Å². The highest BCUT2D eigenvalue weighted by molar-refractivity contribution is 7.90. The Bertz CT molecular complexity index is 1080. The smallest absolute Gasteiger partial charge is 0.307 e. The van der Waals surface area contributed by atoms with Crippen molar-refractivity contribution in [3.05, 3.63) is 70.0 Å². The molecule has 0 heterocycles. The molecule has 1 N–H and O–H groups in total. The van der Waals surface area contributed by atoms with Crippen molar-refractivity contribution in [2.45, 2.75) is 24.7 Å². The Morgan fingerprint density at radius 3 is 2.44 bits per heavy atom. The van der Waals surface area contributed by atoms with Crippen LogP contribution in [0.25, 0.3) is 17.7 Å². The summed E-state index contributed by atoms with van der Waals surface area (Å²) >= 11 is 0. The molecule has 1 aliphatic carbocycles. The predicted octanol–water partition coefficient (Wildman–Crippen LogP) is 4.20. The Hall–Kier alpha value is -2.73. The summed E-state index contributed by atoms with van der Waals surface area (Å²) in [6.45, 7) is 1.87. The minimum Gasteiger partial charge on any atom is -0.481 e. The van der Waals surface area contributed by atoms with Gasteiger partial charge in [0, 0.05) is 6.26 Å². The molecule has 0 saturated heterocycles. The third kappa shape index (κ3) is 4.17. The molecule has 0 fully saturated rings. The van der Waals surface area contributed by atoms with Crippen LogP contribution >= 0.6 is 0 Å². The minimum absolute atomic E-state index is 0.127. The van der Waals surface area contributed by atoms with Crippen LogP contribution in [-0.4, -0.2) is 25.7 Å². The van der Waals surface area contributed by atoms with Gasteiger partial charge in [-0.2, -0.15) is 0 Å². The summed E-state index contributed by atoms with van der Waals surface area (Å²) in [5, 5.41) is 9.10. The number of carboxylic acids is 1. The largest absolute Gasteiger partial charge is 0.481 e. The van der Waals surface area contributed by atoms with Gasteiger partial charge in [-0.1, -0.05) is 29.9 Å². The molecule has 0 aromatic heterocycles. The maximum Gasteiger partial charge on any atom is 0.307 e. The molecule has 0 aliphatic heterocycles. The van der Waals surface area contributed by atoms with Crippen molar-refractivity contribution in [3.63, 3.8) is 0 Å². The number of aliphatic carboxylic acids is 1. The van der Waals surface area contributed by atoms with Crippen LogP contribution in [0.4, 0.5) is 4.39 Å². The van der Waals surface area contributed by atoms with Gasteiger partial charge < -0.3 is 5.11 Å². The van der Waals surface area contributed by atoms with Crippen molar-refractivity contribution < 1.29 is 22.7 Å². The highest BCUT2D eigenvalue weighted by Gasteiger charge is 2.23. The number of fused-ring (bicyclic) bond motifs is 1. The Balaban J connectivity index is 1.94. The number of rotatable bonds is 5. The van der Waals surface area contributed by atoms with E-state index < -0.39 is 21.6 Å². The van der Waals surface area contributed by atoms with E-state index in [2.05, 4.69) is 0 Å². The van der Waals surface area contributed by atoms with Crippen LogP contribution in [0.2, 0.25) is 0 Å². The predicted molar refractivity (Wildman–Crippen MR) is 103 cm³/mol. The number of allylic oxidation sites excluding steroid dienone is 1. The molecule has 0 amide bonds. The quantitative estimate of drug-likeness (QED) is 0.782. The fourth-order valence-electron chi connectivity index (χ4n) is 3.28. The molecule has 140 valence electrons. The standard InChI is InChI=1S/C21H19FO4S/c1-13-9-19-15(10-16(22)11-20(19)18(13)12-21(23)24)6-3-14-4-7-17(8-5-14)27(2,25)26/h3-8,10-11H,9,12H2,1-2H3,(H,23,24)/b6-3+. The Morgan fingerprint density at radius 2 is 1.85 bits per heavy atom. The number of carbonyl (C=O) groups is 1. The van der Waals surface area contributed by atoms with Crippen molar-refractivity contribution in [3.8, 4) is 0 Å². The van der Waals surface area contributed by atoms with Crippen LogP contribution in [0, 0.1) is 5.82 Å². The first-order valence-electron chi connectivity index (χ1n) is 8.36. The van der Waals surface area contributed by atoms with Crippen LogP contribution in [0.5, 0.6) is 0 Å². The first-order chi connectivity index (χ1) is 12.6. The normalized spacial score (nSPS) is 14.0. The molecule has 3 rings (SSSR count). The SMILES string of the molecule is CC1=C(CC(=O)O)c2cc(F)cc(/C=C/c3ccc(S(C)(=O)=O)cc3)c2C1. The van der Waals surface area contributed by atoms with E-state index in [1.165, 1.54) is 24.3 Å². The molecular formula is C21H19FO4S. The zero-order chi connectivity index (χ0) is 19.8. The van der Waals surface area contributed by atoms with E-state index in [9.17, 15) is 17.6 Å². The number of sulfone groups is 1. The van der Waals surface area contributed by atoms with Crippen molar-refractivity contribution in [2.24, 2.45) is 0 Å². The molecule has 0 saturated carbocycles. The summed E-state index contributed by atoms with van der Waals surface area (Å²) in [5.74, 6) is -1.36. The number of halogens is 1. The van der Waals surface area contributed by atoms with Gasteiger partial charge in [0.2, 0.25) is 0 Å². The Labute approximate surface area is 157 Å². The summed E-state index contributed by atoms with van der Waals surface area (Å²) in [6.07, 6.45) is 5.17. The second-order valence-electron chi connectivity index (χ2n) is 6.70. The van der Waals surface area contributed by atoms with E-state index in [0.29, 0.717) is 23.1 Å². The summed E-state index contributed by atoms with van der Waals surface area (Å²) < 4.78 is 37.1. The lowest BCUT2D eigenvalue weighted by Gasteiger charge is -2.08. The van der Waals surface area contributed by atoms with Gasteiger partial charge in [0.15, 0.2) is 9.84 Å². The number of carboxylic acid groups (broad SMARTS) is 1. The minimum atomic E-state index is -3.25. The highest BCUT2D eigenvalue weighted by Crippen LogP contribution is 2.38. The molecular weight excluding hydrogens is 367 g/mol. The maximum absolute atomic E-state index is 14.1. The van der Waals surface area contributed by atoms with Gasteiger partial charge in [-0.05, 0) is 65.4 Å². The van der Waals surface area contributed by atoms with Crippen LogP contribution in [-0.2, 0) is 21.1 Å². The van der Waals surface area contributed by atoms with Gasteiger partial charge in [0.25, 0.3) is 0 Å². The molecule has 27 heavy (non-hydrogen) atoms. The number of hydrogen-bond acceptors (Lipinski definition) is 3. The van der Waals surface area contributed by atoms with Crippen molar-refractivity contribution in [1.29, 1.82) is 0 Å². The van der Waals surface area contributed by atoms with Crippen molar-refractivity contribution >= 4 is 33.5 Å². The first kappa shape index (κ1) is 19.0. The molecule has 4 nitrogen and oxygen atoms in total. The maximum atomic E-state index is 14.1. The van der Waals surface area contributed by atoms with E-state index in [0.717, 1.165) is 23.0 Å². The average Bonchev–Trinajstić information content (AvgIpc) is 2.88. The lowest BCUT2D eigenvalue weighted by Crippen LogP contribution is -1.98. The molecule has 0 unspecified atom stereocenters. The lowest BCUT2D eigenvalue weighted by molar-refractivity contribution is -0.135. The molecule has 0 atom stereocenters. The topological polar surface area (TPSA) is 71.4 Å². The molecule has 6 heteroatoms. The van der Waals surface area contributed by atoms with Gasteiger partial charge >= 0.3 is 5.97 Å². The van der Waals surface area contributed by atoms with E-state index in [1.807, 2.05) is 6.92 Å². The van der Waals surface area contributed by atoms with Crippen molar-refractivity contribution in [2.75, 3.05) is 6.26 Å². The van der Waals surface area contributed by atoms with Gasteiger partial charge in [0.1, 0.15) is 5.82 Å². The van der Waals surface area contributed by atoms with Crippen LogP contribution < -0.4 is 0 Å². The molecule has 2 aromatic rings. The average molecular weight is 386 g/mol. The van der Waals surface area contributed by atoms with Crippen LogP contribution in [0.15, 0.2) is 46.9 Å². The fraction of sp³-hybridized carbons (Fsp3) is 0.190.